The highest BCUT2D eigenvalue weighted by molar-refractivity contribution is 14.1. The van der Waals surface area contributed by atoms with E-state index in [4.69, 9.17) is 11.6 Å². The summed E-state index contributed by atoms with van der Waals surface area (Å²) >= 11 is 7.35. The number of carbonyl (C=O) groups is 1. The Kier molecular flexibility index (Phi) is 4.21. The third kappa shape index (κ3) is 2.54. The number of hydrogen-bond acceptors (Lipinski definition) is 3. The van der Waals surface area contributed by atoms with Gasteiger partial charge in [0.05, 0.1) is 21.3 Å². The summed E-state index contributed by atoms with van der Waals surface area (Å²) in [6, 6.07) is 0. The van der Waals surface area contributed by atoms with Crippen molar-refractivity contribution >= 4 is 40.2 Å². The highest BCUT2D eigenvalue weighted by Crippen LogP contribution is 2.30. The lowest BCUT2D eigenvalue weighted by atomic mass is 10.2. The summed E-state index contributed by atoms with van der Waals surface area (Å²) in [7, 11) is 1.17. The second-order valence-electron chi connectivity index (χ2n) is 2.48. The summed E-state index contributed by atoms with van der Waals surface area (Å²) in [6.45, 7) is 0. The number of carbonyl (C=O) groups excluding carboxylic acids is 1. The molecule has 1 aromatic heterocycles. The molecule has 1 rings (SSSR count). The van der Waals surface area contributed by atoms with Gasteiger partial charge in [0.15, 0.2) is 0 Å². The molecule has 7 heteroatoms. The molecule has 0 bridgehead atoms. The van der Waals surface area contributed by atoms with Gasteiger partial charge in [-0.2, -0.15) is 0 Å². The van der Waals surface area contributed by atoms with E-state index in [1.807, 2.05) is 0 Å². The fourth-order valence-electron chi connectivity index (χ4n) is 0.883. The van der Waals surface area contributed by atoms with Crippen LogP contribution in [0.2, 0.25) is 5.02 Å². The van der Waals surface area contributed by atoms with E-state index in [2.05, 4.69) is 9.72 Å². The van der Waals surface area contributed by atoms with Gasteiger partial charge in [0, 0.05) is 6.20 Å². The molecule has 0 aromatic carbocycles. The molecular formula is C8H5ClF2INO2. The van der Waals surface area contributed by atoms with Crippen LogP contribution < -0.4 is 0 Å². The minimum absolute atomic E-state index is 0.0204. The smallest absolute Gasteiger partial charge is 0.340 e. The predicted octanol–water partition coefficient (Wildman–Crippen LogP) is 3.06. The van der Waals surface area contributed by atoms with Crippen LogP contribution >= 0.6 is 34.2 Å². The summed E-state index contributed by atoms with van der Waals surface area (Å²) in [6.07, 6.45) is -1.74. The van der Waals surface area contributed by atoms with E-state index in [9.17, 15) is 13.6 Å². The van der Waals surface area contributed by atoms with E-state index in [-0.39, 0.29) is 14.2 Å². The largest absolute Gasteiger partial charge is 0.465 e. The average Bonchev–Trinajstić information content (AvgIpc) is 2.20. The van der Waals surface area contributed by atoms with Crippen LogP contribution in [0.5, 0.6) is 0 Å². The molecule has 0 aliphatic rings. The second kappa shape index (κ2) is 5.02. The number of nitrogens with zero attached hydrogens (tertiary/aromatic N) is 1. The van der Waals surface area contributed by atoms with E-state index >= 15 is 0 Å². The Bertz CT molecular complexity index is 400. The maximum atomic E-state index is 12.4. The van der Waals surface area contributed by atoms with Crippen molar-refractivity contribution in [2.75, 3.05) is 7.11 Å². The van der Waals surface area contributed by atoms with Crippen molar-refractivity contribution < 1.29 is 18.3 Å². The molecule has 0 N–H and O–H groups in total. The van der Waals surface area contributed by atoms with E-state index < -0.39 is 18.1 Å². The number of halogens is 4. The standard InChI is InChI=1S/C8H5ClF2INO2/c1-15-8(14)3-2-13-6(7(10)11)5(12)4(3)9/h2,7H,1H3. The van der Waals surface area contributed by atoms with Crippen molar-refractivity contribution in [2.24, 2.45) is 0 Å². The van der Waals surface area contributed by atoms with Gasteiger partial charge < -0.3 is 4.74 Å². The first-order valence-corrected chi connectivity index (χ1v) is 5.15. The first-order valence-electron chi connectivity index (χ1n) is 3.69. The molecule has 0 unspecified atom stereocenters. The topological polar surface area (TPSA) is 39.2 Å². The molecule has 0 aliphatic heterocycles. The molecule has 15 heavy (non-hydrogen) atoms. The first kappa shape index (κ1) is 12.6. The van der Waals surface area contributed by atoms with E-state index in [1.165, 1.54) is 7.11 Å². The number of hydrogen-bond donors (Lipinski definition) is 0. The van der Waals surface area contributed by atoms with Gasteiger partial charge in [-0.1, -0.05) is 11.6 Å². The van der Waals surface area contributed by atoms with Gasteiger partial charge in [-0.25, -0.2) is 13.6 Å². The number of alkyl halides is 2. The van der Waals surface area contributed by atoms with Crippen LogP contribution in [0, 0.1) is 3.57 Å². The van der Waals surface area contributed by atoms with Crippen LogP contribution in [-0.4, -0.2) is 18.1 Å². The Labute approximate surface area is 103 Å². The van der Waals surface area contributed by atoms with Crippen LogP contribution in [0.4, 0.5) is 8.78 Å². The SMILES string of the molecule is COC(=O)c1cnc(C(F)F)c(I)c1Cl. The molecule has 3 nitrogen and oxygen atoms in total. The van der Waals surface area contributed by atoms with Crippen molar-refractivity contribution in [1.82, 2.24) is 4.98 Å². The van der Waals surface area contributed by atoms with Crippen molar-refractivity contribution in [3.05, 3.63) is 26.0 Å². The maximum absolute atomic E-state index is 12.4. The maximum Gasteiger partial charge on any atom is 0.340 e. The third-order valence-electron chi connectivity index (χ3n) is 1.60. The highest BCUT2D eigenvalue weighted by Gasteiger charge is 2.21. The number of ether oxygens (including phenoxy) is 1. The quantitative estimate of drug-likeness (QED) is 0.610. The van der Waals surface area contributed by atoms with Crippen LogP contribution in [0.3, 0.4) is 0 Å². The molecule has 0 atom stereocenters. The molecule has 0 saturated carbocycles. The molecule has 82 valence electrons. The third-order valence-corrected chi connectivity index (χ3v) is 3.40. The Balaban J connectivity index is 3.27. The van der Waals surface area contributed by atoms with Crippen molar-refractivity contribution in [2.45, 2.75) is 6.43 Å². The van der Waals surface area contributed by atoms with Crippen LogP contribution in [0.15, 0.2) is 6.20 Å². The molecule has 0 spiro atoms. The highest BCUT2D eigenvalue weighted by atomic mass is 127. The second-order valence-corrected chi connectivity index (χ2v) is 3.93. The van der Waals surface area contributed by atoms with E-state index in [0.29, 0.717) is 0 Å². The Hall–Kier alpha value is -0.500. The molecule has 0 fully saturated rings. The van der Waals surface area contributed by atoms with Crippen LogP contribution in [0.25, 0.3) is 0 Å². The predicted molar refractivity (Wildman–Crippen MR) is 58.3 cm³/mol. The zero-order valence-corrected chi connectivity index (χ0v) is 10.3. The van der Waals surface area contributed by atoms with Crippen LogP contribution in [-0.2, 0) is 4.74 Å². The van der Waals surface area contributed by atoms with Crippen LogP contribution in [0.1, 0.15) is 22.5 Å². The van der Waals surface area contributed by atoms with Gasteiger partial charge >= 0.3 is 5.97 Å². The average molecular weight is 347 g/mol. The number of rotatable bonds is 2. The molecule has 0 radical (unpaired) electrons. The summed E-state index contributed by atoms with van der Waals surface area (Å²) < 4.78 is 29.2. The lowest BCUT2D eigenvalue weighted by Crippen LogP contribution is -2.06. The number of pyridine rings is 1. The zero-order valence-electron chi connectivity index (χ0n) is 7.43. The molecule has 1 heterocycles. The normalized spacial score (nSPS) is 10.5. The first-order chi connectivity index (χ1) is 6.99. The zero-order chi connectivity index (χ0) is 11.6. The fourth-order valence-corrected chi connectivity index (χ4v) is 1.77. The van der Waals surface area contributed by atoms with Gasteiger partial charge in [0.25, 0.3) is 6.43 Å². The molecule has 0 aliphatic carbocycles. The summed E-state index contributed by atoms with van der Waals surface area (Å²) in [5, 5.41) is -0.0623. The molecule has 0 amide bonds. The van der Waals surface area contributed by atoms with Gasteiger partial charge in [-0.3, -0.25) is 4.98 Å². The van der Waals surface area contributed by atoms with Gasteiger partial charge in [-0.05, 0) is 22.6 Å². The lowest BCUT2D eigenvalue weighted by Gasteiger charge is -2.07. The number of aromatic nitrogens is 1. The van der Waals surface area contributed by atoms with E-state index in [1.54, 1.807) is 22.6 Å². The summed E-state index contributed by atoms with van der Waals surface area (Å²) in [5.41, 5.74) is -0.457. The number of esters is 1. The Morgan fingerprint density at radius 3 is 2.73 bits per heavy atom. The van der Waals surface area contributed by atoms with Crippen molar-refractivity contribution in [3.8, 4) is 0 Å². The van der Waals surface area contributed by atoms with Gasteiger partial charge in [0.2, 0.25) is 0 Å². The minimum atomic E-state index is -2.72. The summed E-state index contributed by atoms with van der Waals surface area (Å²) in [4.78, 5) is 14.6. The van der Waals surface area contributed by atoms with Gasteiger partial charge in [-0.15, -0.1) is 0 Å². The van der Waals surface area contributed by atoms with E-state index in [0.717, 1.165) is 6.20 Å². The van der Waals surface area contributed by atoms with Crippen molar-refractivity contribution in [1.29, 1.82) is 0 Å². The Morgan fingerprint density at radius 1 is 1.67 bits per heavy atom. The fraction of sp³-hybridized carbons (Fsp3) is 0.250. The van der Waals surface area contributed by atoms with Gasteiger partial charge in [0.1, 0.15) is 5.69 Å². The Morgan fingerprint density at radius 2 is 2.27 bits per heavy atom. The summed E-state index contributed by atoms with van der Waals surface area (Å²) in [5.74, 6) is -0.703. The molecular weight excluding hydrogens is 342 g/mol. The minimum Gasteiger partial charge on any atom is -0.465 e. The lowest BCUT2D eigenvalue weighted by molar-refractivity contribution is 0.0599. The number of methoxy groups -OCH3 is 1. The monoisotopic (exact) mass is 347 g/mol. The molecule has 1 aromatic rings. The molecule has 0 saturated heterocycles. The van der Waals surface area contributed by atoms with Crippen molar-refractivity contribution in [3.63, 3.8) is 0 Å².